The van der Waals surface area contributed by atoms with Gasteiger partial charge in [-0.2, -0.15) is 0 Å². The number of rotatable bonds is 3. The van der Waals surface area contributed by atoms with Gasteiger partial charge < -0.3 is 5.73 Å². The molecule has 0 aromatic carbocycles. The van der Waals surface area contributed by atoms with Gasteiger partial charge in [0.25, 0.3) is 0 Å². The van der Waals surface area contributed by atoms with Crippen molar-refractivity contribution in [2.24, 2.45) is 17.4 Å². The fourth-order valence-electron chi connectivity index (χ4n) is 0.268. The Bertz CT molecular complexity index is 112. The first-order valence-corrected chi connectivity index (χ1v) is 2.44. The molecule has 0 aliphatic heterocycles. The number of hydrogen-bond donors (Lipinski definition) is 3. The molecule has 1 atom stereocenters. The van der Waals surface area contributed by atoms with Crippen LogP contribution < -0.4 is 17.4 Å². The maximum absolute atomic E-state index is 10.6. The van der Waals surface area contributed by atoms with Crippen LogP contribution in [0.1, 0.15) is 6.92 Å². The number of nitrogens with two attached hydrogens (primary N) is 3. The first-order valence-electron chi connectivity index (χ1n) is 2.44. The molecule has 9 heavy (non-hydrogen) atoms. The highest BCUT2D eigenvalue weighted by molar-refractivity contribution is 5.87. The maximum Gasteiger partial charge on any atom is 0.194 e. The summed E-state index contributed by atoms with van der Waals surface area (Å²) in [6.07, 6.45) is 0. The standard InChI is InChI=1S/C4H11N3O2/c1-4(6,9-7)3(8)2-5/h2,5-7H2,1H3. The molecule has 54 valence electrons. The van der Waals surface area contributed by atoms with E-state index in [0.29, 0.717) is 0 Å². The molecular formula is C4H11N3O2. The van der Waals surface area contributed by atoms with Crippen LogP contribution in [0.4, 0.5) is 0 Å². The molecular weight excluding hydrogens is 122 g/mol. The molecule has 0 aromatic heterocycles. The Kier molecular flexibility index (Phi) is 2.72. The molecule has 0 amide bonds. The van der Waals surface area contributed by atoms with Crippen LogP contribution in [0.5, 0.6) is 0 Å². The summed E-state index contributed by atoms with van der Waals surface area (Å²) >= 11 is 0. The topological polar surface area (TPSA) is 104 Å². The van der Waals surface area contributed by atoms with Gasteiger partial charge >= 0.3 is 0 Å². The average molecular weight is 133 g/mol. The van der Waals surface area contributed by atoms with Crippen LogP contribution in [0, 0.1) is 0 Å². The van der Waals surface area contributed by atoms with E-state index in [1.54, 1.807) is 0 Å². The van der Waals surface area contributed by atoms with Crippen molar-refractivity contribution >= 4 is 5.78 Å². The fourth-order valence-corrected chi connectivity index (χ4v) is 0.268. The lowest BCUT2D eigenvalue weighted by molar-refractivity contribution is -0.141. The summed E-state index contributed by atoms with van der Waals surface area (Å²) in [6.45, 7) is 1.19. The number of hydrogen-bond acceptors (Lipinski definition) is 5. The summed E-state index contributed by atoms with van der Waals surface area (Å²) in [6, 6.07) is 0. The van der Waals surface area contributed by atoms with Gasteiger partial charge in [-0.1, -0.05) is 0 Å². The third-order valence-corrected chi connectivity index (χ3v) is 0.984. The summed E-state index contributed by atoms with van der Waals surface area (Å²) < 4.78 is 0. The zero-order chi connectivity index (χ0) is 7.49. The smallest absolute Gasteiger partial charge is 0.194 e. The van der Waals surface area contributed by atoms with Crippen molar-refractivity contribution in [1.29, 1.82) is 0 Å². The lowest BCUT2D eigenvalue weighted by Gasteiger charge is -2.18. The van der Waals surface area contributed by atoms with Gasteiger partial charge in [0.1, 0.15) is 0 Å². The molecule has 0 aromatic rings. The molecule has 0 spiro atoms. The van der Waals surface area contributed by atoms with Gasteiger partial charge in [0.2, 0.25) is 0 Å². The molecule has 5 heteroatoms. The normalized spacial score (nSPS) is 16.9. The van der Waals surface area contributed by atoms with E-state index in [-0.39, 0.29) is 6.54 Å². The Hall–Kier alpha value is -0.490. The van der Waals surface area contributed by atoms with Gasteiger partial charge in [-0.15, -0.1) is 0 Å². The number of carbonyl (C=O) groups excluding carboxylic acids is 1. The van der Waals surface area contributed by atoms with Crippen molar-refractivity contribution in [3.05, 3.63) is 0 Å². The summed E-state index contributed by atoms with van der Waals surface area (Å²) in [4.78, 5) is 14.7. The predicted molar refractivity (Wildman–Crippen MR) is 31.9 cm³/mol. The Morgan fingerprint density at radius 2 is 2.22 bits per heavy atom. The van der Waals surface area contributed by atoms with E-state index in [1.807, 2.05) is 0 Å². The largest absolute Gasteiger partial charge is 0.324 e. The van der Waals surface area contributed by atoms with Crippen LogP contribution in [0.3, 0.4) is 0 Å². The highest BCUT2D eigenvalue weighted by atomic mass is 16.6. The quantitative estimate of drug-likeness (QED) is 0.307. The average Bonchev–Trinajstić information content (AvgIpc) is 1.86. The van der Waals surface area contributed by atoms with E-state index in [2.05, 4.69) is 10.7 Å². The Morgan fingerprint density at radius 3 is 2.33 bits per heavy atom. The summed E-state index contributed by atoms with van der Waals surface area (Å²) in [5, 5.41) is 0. The lowest BCUT2D eigenvalue weighted by Crippen LogP contribution is -2.51. The second-order valence-corrected chi connectivity index (χ2v) is 1.85. The first-order chi connectivity index (χ1) is 4.04. The van der Waals surface area contributed by atoms with Crippen molar-refractivity contribution < 1.29 is 9.63 Å². The highest BCUT2D eigenvalue weighted by Crippen LogP contribution is 1.96. The third-order valence-electron chi connectivity index (χ3n) is 0.984. The van der Waals surface area contributed by atoms with Crippen LogP contribution in [0.15, 0.2) is 0 Å². The SMILES string of the molecule is CC(N)(ON)C(=O)CN. The molecule has 5 nitrogen and oxygen atoms in total. The van der Waals surface area contributed by atoms with Gasteiger partial charge in [0, 0.05) is 0 Å². The Balaban J connectivity index is 3.97. The molecule has 0 bridgehead atoms. The molecule has 0 saturated heterocycles. The number of ketones is 1. The lowest BCUT2D eigenvalue weighted by atomic mass is 10.2. The van der Waals surface area contributed by atoms with Gasteiger partial charge in [-0.25, -0.2) is 5.90 Å². The molecule has 1 unspecified atom stereocenters. The summed E-state index contributed by atoms with van der Waals surface area (Å²) in [5.41, 5.74) is 8.73. The van der Waals surface area contributed by atoms with E-state index in [1.165, 1.54) is 6.92 Å². The summed E-state index contributed by atoms with van der Waals surface area (Å²) in [5.74, 6) is 4.26. The second-order valence-electron chi connectivity index (χ2n) is 1.85. The molecule has 0 saturated carbocycles. The van der Waals surface area contributed by atoms with Crippen molar-refractivity contribution in [2.75, 3.05) is 6.54 Å². The molecule has 0 fully saturated rings. The van der Waals surface area contributed by atoms with Crippen LogP contribution in [0.2, 0.25) is 0 Å². The predicted octanol–water partition coefficient (Wildman–Crippen LogP) is -1.92. The van der Waals surface area contributed by atoms with Crippen molar-refractivity contribution in [3.63, 3.8) is 0 Å². The maximum atomic E-state index is 10.6. The minimum Gasteiger partial charge on any atom is -0.324 e. The molecule has 6 N–H and O–H groups in total. The molecule has 0 rings (SSSR count). The number of Topliss-reactive ketones (excluding diaryl/α,β-unsaturated/α-hetero) is 1. The van der Waals surface area contributed by atoms with E-state index >= 15 is 0 Å². The number of carbonyl (C=O) groups is 1. The van der Waals surface area contributed by atoms with E-state index in [0.717, 1.165) is 0 Å². The van der Waals surface area contributed by atoms with E-state index in [9.17, 15) is 4.79 Å². The molecule has 0 radical (unpaired) electrons. The molecule has 0 aliphatic rings. The van der Waals surface area contributed by atoms with Gasteiger partial charge in [-0.05, 0) is 6.92 Å². The van der Waals surface area contributed by atoms with Crippen molar-refractivity contribution in [2.45, 2.75) is 12.6 Å². The van der Waals surface area contributed by atoms with Crippen LogP contribution >= 0.6 is 0 Å². The monoisotopic (exact) mass is 133 g/mol. The zero-order valence-corrected chi connectivity index (χ0v) is 5.26. The van der Waals surface area contributed by atoms with E-state index in [4.69, 9.17) is 11.5 Å². The van der Waals surface area contributed by atoms with Gasteiger partial charge in [0.15, 0.2) is 11.5 Å². The first kappa shape index (κ1) is 8.51. The second kappa shape index (κ2) is 2.88. The Labute approximate surface area is 53.1 Å². The zero-order valence-electron chi connectivity index (χ0n) is 5.26. The van der Waals surface area contributed by atoms with Crippen LogP contribution in [-0.2, 0) is 9.63 Å². The van der Waals surface area contributed by atoms with Crippen molar-refractivity contribution in [1.82, 2.24) is 0 Å². The minimum absolute atomic E-state index is 0.163. The Morgan fingerprint density at radius 1 is 1.78 bits per heavy atom. The highest BCUT2D eigenvalue weighted by Gasteiger charge is 2.26. The van der Waals surface area contributed by atoms with Crippen molar-refractivity contribution in [3.8, 4) is 0 Å². The van der Waals surface area contributed by atoms with Gasteiger partial charge in [-0.3, -0.25) is 15.4 Å². The fraction of sp³-hybridized carbons (Fsp3) is 0.750. The third kappa shape index (κ3) is 2.06. The molecule has 0 aliphatic carbocycles. The van der Waals surface area contributed by atoms with Gasteiger partial charge in [0.05, 0.1) is 6.54 Å². The van der Waals surface area contributed by atoms with Crippen LogP contribution in [-0.4, -0.2) is 18.1 Å². The minimum atomic E-state index is -1.44. The molecule has 0 heterocycles. The van der Waals surface area contributed by atoms with E-state index < -0.39 is 11.5 Å². The summed E-state index contributed by atoms with van der Waals surface area (Å²) in [7, 11) is 0. The van der Waals surface area contributed by atoms with Crippen LogP contribution in [0.25, 0.3) is 0 Å².